The number of amides is 9. The Hall–Kier alpha value is -7.27. The molecule has 0 unspecified atom stereocenters. The number of thioether (sulfide) groups is 1. The summed E-state index contributed by atoms with van der Waals surface area (Å²) in [6, 6.07) is -1.39. The summed E-state index contributed by atoms with van der Waals surface area (Å²) in [6.45, 7) is -0.766. The number of aliphatic hydroxyl groups excluding tert-OH is 1. The van der Waals surface area contributed by atoms with Crippen LogP contribution in [0, 0.1) is 0 Å². The van der Waals surface area contributed by atoms with E-state index in [1.165, 1.54) is 18.7 Å². The van der Waals surface area contributed by atoms with Crippen LogP contribution in [0.2, 0.25) is 0 Å². The lowest BCUT2D eigenvalue weighted by Gasteiger charge is -2.26. The van der Waals surface area contributed by atoms with E-state index < -0.39 is 128 Å². The number of nitrogens with two attached hydrogens (primary N) is 6. The summed E-state index contributed by atoms with van der Waals surface area (Å²) >= 11 is 1.35. The molecule has 7 atom stereocenters. The zero-order valence-electron chi connectivity index (χ0n) is 38.4. The standard InChI is InChI=1S/C40H66N16O12S/c1-21(32(61)54-26(16-22-8-4-3-5-9-22)34(63)50-18-30(59)49-19-31(60)52-25(38(67)68)11-7-14-48-40(45)46)51-37(66)28(20-57)56-36(65)27(17-29(42)58)55-35(64)24(12-15-69-2)53-33(62)23(41)10-6-13-47-39(43)44/h3-5,8-9,21,23-28,57H,6-7,10-20,41H2,1-2H3,(H2,42,58)(H,49,59)(H,50,63)(H,51,66)(H,52,60)(H,53,62)(H,54,61)(H,55,64)(H,56,65)(H,67,68)(H4,43,44,47)(H4,45,46,48)/t21-,23-,24-,25-,26-,27-,28-/m0/s1. The summed E-state index contributed by atoms with van der Waals surface area (Å²) in [4.78, 5) is 136. The molecule has 1 aromatic rings. The van der Waals surface area contributed by atoms with Crippen molar-refractivity contribution in [2.75, 3.05) is 44.8 Å². The number of carbonyl (C=O) groups excluding carboxylic acids is 9. The molecule has 0 saturated heterocycles. The summed E-state index contributed by atoms with van der Waals surface area (Å²) in [7, 11) is 0. The van der Waals surface area contributed by atoms with Crippen molar-refractivity contribution in [3.63, 3.8) is 0 Å². The molecule has 384 valence electrons. The van der Waals surface area contributed by atoms with Gasteiger partial charge in [0.25, 0.3) is 0 Å². The molecule has 0 aliphatic rings. The fourth-order valence-electron chi connectivity index (χ4n) is 5.86. The van der Waals surface area contributed by atoms with Gasteiger partial charge in [0.05, 0.1) is 32.2 Å². The van der Waals surface area contributed by atoms with Crippen LogP contribution in [0.25, 0.3) is 0 Å². The minimum atomic E-state index is -1.75. The molecular formula is C40H66N16O12S. The summed E-state index contributed by atoms with van der Waals surface area (Å²) in [5, 5.41) is 38.2. The lowest BCUT2D eigenvalue weighted by Crippen LogP contribution is -2.60. The summed E-state index contributed by atoms with van der Waals surface area (Å²) < 4.78 is 0. The number of carbonyl (C=O) groups is 10. The van der Waals surface area contributed by atoms with E-state index in [1.54, 1.807) is 36.6 Å². The minimum absolute atomic E-state index is 0.0100. The van der Waals surface area contributed by atoms with Crippen LogP contribution in [-0.4, -0.2) is 168 Å². The van der Waals surface area contributed by atoms with E-state index in [0.29, 0.717) is 17.7 Å². The predicted octanol–water partition coefficient (Wildman–Crippen LogP) is -7.47. The molecule has 0 fully saturated rings. The number of guanidine groups is 2. The van der Waals surface area contributed by atoms with Gasteiger partial charge in [-0.3, -0.25) is 53.1 Å². The van der Waals surface area contributed by atoms with Gasteiger partial charge in [0.2, 0.25) is 53.2 Å². The summed E-state index contributed by atoms with van der Waals surface area (Å²) in [6.07, 6.45) is 1.72. The maximum absolute atomic E-state index is 13.4. The van der Waals surface area contributed by atoms with Crippen LogP contribution in [0.4, 0.5) is 0 Å². The highest BCUT2D eigenvalue weighted by atomic mass is 32.2. The molecule has 0 aromatic heterocycles. The number of benzene rings is 1. The van der Waals surface area contributed by atoms with Gasteiger partial charge in [-0.2, -0.15) is 11.8 Å². The third-order valence-electron chi connectivity index (χ3n) is 9.52. The molecule has 1 rings (SSSR count). The highest BCUT2D eigenvalue weighted by molar-refractivity contribution is 7.98. The summed E-state index contributed by atoms with van der Waals surface area (Å²) in [5.74, 6) is -9.54. The quantitative estimate of drug-likeness (QED) is 0.0177. The Morgan fingerprint density at radius 3 is 1.71 bits per heavy atom. The van der Waals surface area contributed by atoms with E-state index in [0.717, 1.165) is 0 Å². The van der Waals surface area contributed by atoms with Gasteiger partial charge in [-0.15, -0.1) is 0 Å². The molecule has 22 N–H and O–H groups in total. The average molecular weight is 995 g/mol. The lowest BCUT2D eigenvalue weighted by molar-refractivity contribution is -0.142. The van der Waals surface area contributed by atoms with Gasteiger partial charge in [0.1, 0.15) is 36.3 Å². The van der Waals surface area contributed by atoms with Gasteiger partial charge in [-0.25, -0.2) is 4.79 Å². The first kappa shape index (κ1) is 59.7. The van der Waals surface area contributed by atoms with Crippen molar-refractivity contribution in [1.82, 2.24) is 42.5 Å². The van der Waals surface area contributed by atoms with E-state index in [2.05, 4.69) is 52.5 Å². The Morgan fingerprint density at radius 2 is 1.14 bits per heavy atom. The molecular weight excluding hydrogens is 929 g/mol. The number of rotatable bonds is 33. The second kappa shape index (κ2) is 32.4. The smallest absolute Gasteiger partial charge is 0.326 e. The average Bonchev–Trinajstić information content (AvgIpc) is 3.29. The van der Waals surface area contributed by atoms with Crippen molar-refractivity contribution in [2.45, 2.75) is 94.2 Å². The third-order valence-corrected chi connectivity index (χ3v) is 10.2. The van der Waals surface area contributed by atoms with Crippen molar-refractivity contribution >= 4 is 82.8 Å². The molecule has 0 saturated carbocycles. The molecule has 0 radical (unpaired) electrons. The number of primary amides is 1. The van der Waals surface area contributed by atoms with Crippen LogP contribution in [0.5, 0.6) is 0 Å². The SMILES string of the molecule is CSCC[C@H](NC(=O)[C@@H](N)CCCN=C(N)N)C(=O)N[C@@H](CC(N)=O)C(=O)N[C@@H](CO)C(=O)N[C@@H](C)C(=O)N[C@@H](Cc1ccccc1)C(=O)NCC(=O)NCC(=O)N[C@@H](CCCN=C(N)N)C(=O)O. The molecule has 1 aromatic carbocycles. The maximum atomic E-state index is 13.4. The Labute approximate surface area is 401 Å². The van der Waals surface area contributed by atoms with Crippen molar-refractivity contribution < 1.29 is 58.2 Å². The van der Waals surface area contributed by atoms with Gasteiger partial charge in [0.15, 0.2) is 11.9 Å². The monoisotopic (exact) mass is 994 g/mol. The van der Waals surface area contributed by atoms with Crippen molar-refractivity contribution in [3.8, 4) is 0 Å². The van der Waals surface area contributed by atoms with E-state index in [-0.39, 0.29) is 57.1 Å². The molecule has 28 nitrogen and oxygen atoms in total. The van der Waals surface area contributed by atoms with E-state index in [4.69, 9.17) is 34.4 Å². The number of nitrogens with one attached hydrogen (secondary N) is 8. The minimum Gasteiger partial charge on any atom is -0.480 e. The van der Waals surface area contributed by atoms with Crippen LogP contribution < -0.4 is 76.9 Å². The highest BCUT2D eigenvalue weighted by Crippen LogP contribution is 2.07. The zero-order chi connectivity index (χ0) is 52.1. The van der Waals surface area contributed by atoms with Crippen LogP contribution in [-0.2, 0) is 54.4 Å². The molecule has 0 aliphatic heterocycles. The first-order valence-corrected chi connectivity index (χ1v) is 22.8. The molecule has 0 aliphatic carbocycles. The second-order valence-corrected chi connectivity index (χ2v) is 16.2. The lowest BCUT2D eigenvalue weighted by atomic mass is 10.0. The Balaban J connectivity index is 2.99. The van der Waals surface area contributed by atoms with Gasteiger partial charge in [0, 0.05) is 19.5 Å². The first-order valence-electron chi connectivity index (χ1n) is 21.4. The van der Waals surface area contributed by atoms with Crippen molar-refractivity contribution in [1.29, 1.82) is 0 Å². The normalized spacial score (nSPS) is 13.7. The maximum Gasteiger partial charge on any atom is 0.326 e. The van der Waals surface area contributed by atoms with Crippen LogP contribution >= 0.6 is 11.8 Å². The Bertz CT molecular complexity index is 1970. The van der Waals surface area contributed by atoms with Crippen molar-refractivity contribution in [2.24, 2.45) is 44.4 Å². The second-order valence-electron chi connectivity index (χ2n) is 15.3. The predicted molar refractivity (Wildman–Crippen MR) is 253 cm³/mol. The van der Waals surface area contributed by atoms with Gasteiger partial charge in [-0.05, 0) is 56.6 Å². The largest absolute Gasteiger partial charge is 0.480 e. The number of carboxylic acid groups (broad SMARTS) is 1. The van der Waals surface area contributed by atoms with Gasteiger partial charge >= 0.3 is 5.97 Å². The molecule has 0 bridgehead atoms. The van der Waals surface area contributed by atoms with Crippen LogP contribution in [0.1, 0.15) is 51.0 Å². The zero-order valence-corrected chi connectivity index (χ0v) is 39.2. The van der Waals surface area contributed by atoms with Crippen LogP contribution in [0.3, 0.4) is 0 Å². The number of nitrogens with zero attached hydrogens (tertiary/aromatic N) is 2. The molecule has 0 spiro atoms. The Morgan fingerprint density at radius 1 is 0.609 bits per heavy atom. The molecule has 0 heterocycles. The highest BCUT2D eigenvalue weighted by Gasteiger charge is 2.33. The number of hydrogen-bond donors (Lipinski definition) is 16. The number of carboxylic acids is 1. The molecule has 9 amide bonds. The van der Waals surface area contributed by atoms with Gasteiger partial charge in [-0.1, -0.05) is 30.3 Å². The first-order chi connectivity index (χ1) is 32.6. The van der Waals surface area contributed by atoms with Gasteiger partial charge < -0.3 is 87.1 Å². The number of aliphatic carboxylic acids is 1. The van der Waals surface area contributed by atoms with E-state index in [1.807, 2.05) is 0 Å². The fraction of sp³-hybridized carbons (Fsp3) is 0.550. The van der Waals surface area contributed by atoms with Crippen LogP contribution in [0.15, 0.2) is 40.3 Å². The Kier molecular flexibility index (Phi) is 28.1. The fourth-order valence-corrected chi connectivity index (χ4v) is 6.33. The summed E-state index contributed by atoms with van der Waals surface area (Å²) in [5.41, 5.74) is 33.0. The molecule has 69 heavy (non-hydrogen) atoms. The number of aliphatic hydroxyl groups is 1. The third kappa shape index (κ3) is 25.4. The number of aliphatic imine (C=N–C) groups is 2. The number of hydrogen-bond acceptors (Lipinski definition) is 15. The van der Waals surface area contributed by atoms with E-state index >= 15 is 0 Å². The van der Waals surface area contributed by atoms with E-state index in [9.17, 15) is 58.2 Å². The molecule has 29 heteroatoms. The van der Waals surface area contributed by atoms with Crippen molar-refractivity contribution in [3.05, 3.63) is 35.9 Å². The topological polar surface area (TPSA) is 488 Å².